The molecule has 1 aromatic carbocycles. The van der Waals surface area contributed by atoms with E-state index in [2.05, 4.69) is 17.4 Å². The van der Waals surface area contributed by atoms with Gasteiger partial charge in [0.05, 0.1) is 0 Å². The molecule has 98 valence electrons. The molecule has 0 saturated heterocycles. The standard InChI is InChI=1S/C15H21NO2/c1-15(2,10-17)9-16-14(18)13-7-11-5-3-4-6-12(11)8-13/h3-6,13,17H,7-10H2,1-2H3,(H,16,18). The Bertz CT molecular complexity index is 415. The lowest BCUT2D eigenvalue weighted by Gasteiger charge is -2.23. The maximum Gasteiger partial charge on any atom is 0.223 e. The van der Waals surface area contributed by atoms with Crippen LogP contribution in [0.5, 0.6) is 0 Å². The zero-order valence-electron chi connectivity index (χ0n) is 11.1. The third-order valence-corrected chi connectivity index (χ3v) is 3.59. The van der Waals surface area contributed by atoms with E-state index in [1.807, 2.05) is 26.0 Å². The minimum Gasteiger partial charge on any atom is -0.396 e. The third kappa shape index (κ3) is 2.91. The molecule has 2 rings (SSSR count). The van der Waals surface area contributed by atoms with Gasteiger partial charge in [0, 0.05) is 24.5 Å². The van der Waals surface area contributed by atoms with Gasteiger partial charge in [0.25, 0.3) is 0 Å². The van der Waals surface area contributed by atoms with Gasteiger partial charge in [-0.1, -0.05) is 38.1 Å². The number of benzene rings is 1. The maximum absolute atomic E-state index is 12.1. The van der Waals surface area contributed by atoms with Crippen molar-refractivity contribution in [3.8, 4) is 0 Å². The van der Waals surface area contributed by atoms with Crippen LogP contribution in [0.4, 0.5) is 0 Å². The summed E-state index contributed by atoms with van der Waals surface area (Å²) < 4.78 is 0. The number of hydrogen-bond donors (Lipinski definition) is 2. The van der Waals surface area contributed by atoms with Crippen LogP contribution in [0.2, 0.25) is 0 Å². The SMILES string of the molecule is CC(C)(CO)CNC(=O)C1Cc2ccccc2C1. The second kappa shape index (κ2) is 5.11. The van der Waals surface area contributed by atoms with E-state index in [0.29, 0.717) is 6.54 Å². The van der Waals surface area contributed by atoms with E-state index in [1.54, 1.807) is 0 Å². The number of aliphatic hydroxyl groups is 1. The smallest absolute Gasteiger partial charge is 0.223 e. The number of carbonyl (C=O) groups excluding carboxylic acids is 1. The fourth-order valence-corrected chi connectivity index (χ4v) is 2.27. The molecule has 2 N–H and O–H groups in total. The topological polar surface area (TPSA) is 49.3 Å². The molecule has 0 heterocycles. The Kier molecular flexibility index (Phi) is 3.71. The van der Waals surface area contributed by atoms with Crippen LogP contribution in [0.15, 0.2) is 24.3 Å². The second-order valence-corrected chi connectivity index (χ2v) is 5.91. The molecule has 0 fully saturated rings. The van der Waals surface area contributed by atoms with Gasteiger partial charge in [-0.05, 0) is 24.0 Å². The number of nitrogens with one attached hydrogen (secondary N) is 1. The van der Waals surface area contributed by atoms with Gasteiger partial charge in [0.1, 0.15) is 0 Å². The van der Waals surface area contributed by atoms with E-state index in [1.165, 1.54) is 11.1 Å². The summed E-state index contributed by atoms with van der Waals surface area (Å²) >= 11 is 0. The van der Waals surface area contributed by atoms with Crippen LogP contribution >= 0.6 is 0 Å². The molecular formula is C15H21NO2. The van der Waals surface area contributed by atoms with Crippen molar-refractivity contribution >= 4 is 5.91 Å². The maximum atomic E-state index is 12.1. The Morgan fingerprint density at radius 2 is 1.89 bits per heavy atom. The van der Waals surface area contributed by atoms with Crippen molar-refractivity contribution in [2.75, 3.05) is 13.2 Å². The number of aliphatic hydroxyl groups excluding tert-OH is 1. The summed E-state index contributed by atoms with van der Waals surface area (Å²) in [6.45, 7) is 4.49. The fraction of sp³-hybridized carbons (Fsp3) is 0.533. The Morgan fingerprint density at radius 1 is 1.33 bits per heavy atom. The quantitative estimate of drug-likeness (QED) is 0.848. The summed E-state index contributed by atoms with van der Waals surface area (Å²) in [5.74, 6) is 0.157. The van der Waals surface area contributed by atoms with E-state index in [9.17, 15) is 4.79 Å². The molecule has 3 nitrogen and oxygen atoms in total. The van der Waals surface area contributed by atoms with Crippen LogP contribution in [0.25, 0.3) is 0 Å². The highest BCUT2D eigenvalue weighted by molar-refractivity contribution is 5.80. The first-order valence-electron chi connectivity index (χ1n) is 6.47. The summed E-state index contributed by atoms with van der Waals surface area (Å²) in [7, 11) is 0. The number of rotatable bonds is 4. The lowest BCUT2D eigenvalue weighted by Crippen LogP contribution is -2.39. The monoisotopic (exact) mass is 247 g/mol. The Labute approximate surface area is 108 Å². The summed E-state index contributed by atoms with van der Waals surface area (Å²) in [5.41, 5.74) is 2.33. The lowest BCUT2D eigenvalue weighted by atomic mass is 9.94. The largest absolute Gasteiger partial charge is 0.396 e. The molecular weight excluding hydrogens is 226 g/mol. The molecule has 0 radical (unpaired) electrons. The van der Waals surface area contributed by atoms with E-state index in [4.69, 9.17) is 5.11 Å². The zero-order valence-corrected chi connectivity index (χ0v) is 11.1. The molecule has 1 aliphatic carbocycles. The van der Waals surface area contributed by atoms with Crippen LogP contribution in [-0.4, -0.2) is 24.2 Å². The average molecular weight is 247 g/mol. The summed E-state index contributed by atoms with van der Waals surface area (Å²) in [6, 6.07) is 8.24. The number of carbonyl (C=O) groups is 1. The Balaban J connectivity index is 1.90. The minimum atomic E-state index is -0.249. The molecule has 0 saturated carbocycles. The Morgan fingerprint density at radius 3 is 2.39 bits per heavy atom. The second-order valence-electron chi connectivity index (χ2n) is 5.91. The third-order valence-electron chi connectivity index (χ3n) is 3.59. The number of fused-ring (bicyclic) bond motifs is 1. The van der Waals surface area contributed by atoms with E-state index >= 15 is 0 Å². The lowest BCUT2D eigenvalue weighted by molar-refractivity contribution is -0.125. The van der Waals surface area contributed by atoms with Crippen molar-refractivity contribution < 1.29 is 9.90 Å². The predicted molar refractivity (Wildman–Crippen MR) is 71.2 cm³/mol. The average Bonchev–Trinajstić information content (AvgIpc) is 2.80. The van der Waals surface area contributed by atoms with Crippen LogP contribution in [0.3, 0.4) is 0 Å². The molecule has 0 unspecified atom stereocenters. The first kappa shape index (κ1) is 13.1. The van der Waals surface area contributed by atoms with Gasteiger partial charge in [0.2, 0.25) is 5.91 Å². The van der Waals surface area contributed by atoms with Gasteiger partial charge in [0.15, 0.2) is 0 Å². The van der Waals surface area contributed by atoms with Crippen molar-refractivity contribution in [3.05, 3.63) is 35.4 Å². The summed E-state index contributed by atoms with van der Waals surface area (Å²) in [6.07, 6.45) is 1.67. The predicted octanol–water partition coefficient (Wildman–Crippen LogP) is 1.54. The Hall–Kier alpha value is -1.35. The highest BCUT2D eigenvalue weighted by Gasteiger charge is 2.28. The van der Waals surface area contributed by atoms with Gasteiger partial charge in [-0.15, -0.1) is 0 Å². The highest BCUT2D eigenvalue weighted by Crippen LogP contribution is 2.26. The number of hydrogen-bond acceptors (Lipinski definition) is 2. The van der Waals surface area contributed by atoms with Crippen molar-refractivity contribution in [3.63, 3.8) is 0 Å². The highest BCUT2D eigenvalue weighted by atomic mass is 16.3. The number of amides is 1. The van der Waals surface area contributed by atoms with E-state index < -0.39 is 0 Å². The van der Waals surface area contributed by atoms with Crippen LogP contribution in [0.1, 0.15) is 25.0 Å². The van der Waals surface area contributed by atoms with Gasteiger partial charge < -0.3 is 10.4 Å². The van der Waals surface area contributed by atoms with Crippen LogP contribution in [-0.2, 0) is 17.6 Å². The fourth-order valence-electron chi connectivity index (χ4n) is 2.27. The van der Waals surface area contributed by atoms with Crippen molar-refractivity contribution in [2.24, 2.45) is 11.3 Å². The van der Waals surface area contributed by atoms with Crippen molar-refractivity contribution in [2.45, 2.75) is 26.7 Å². The molecule has 0 aromatic heterocycles. The summed E-state index contributed by atoms with van der Waals surface area (Å²) in [4.78, 5) is 12.1. The minimum absolute atomic E-state index is 0.0527. The van der Waals surface area contributed by atoms with Gasteiger partial charge in [-0.3, -0.25) is 4.79 Å². The molecule has 0 atom stereocenters. The van der Waals surface area contributed by atoms with Crippen LogP contribution < -0.4 is 5.32 Å². The van der Waals surface area contributed by atoms with Crippen LogP contribution in [0, 0.1) is 11.3 Å². The van der Waals surface area contributed by atoms with Gasteiger partial charge >= 0.3 is 0 Å². The zero-order chi connectivity index (χ0) is 13.2. The molecule has 0 bridgehead atoms. The first-order valence-corrected chi connectivity index (χ1v) is 6.47. The normalized spacial score (nSPS) is 15.5. The molecule has 18 heavy (non-hydrogen) atoms. The van der Waals surface area contributed by atoms with Gasteiger partial charge in [-0.2, -0.15) is 0 Å². The first-order chi connectivity index (χ1) is 8.52. The molecule has 0 spiro atoms. The molecule has 1 aromatic rings. The molecule has 1 aliphatic rings. The van der Waals surface area contributed by atoms with Crippen molar-refractivity contribution in [1.29, 1.82) is 0 Å². The van der Waals surface area contributed by atoms with Crippen molar-refractivity contribution in [1.82, 2.24) is 5.32 Å². The molecule has 0 aliphatic heterocycles. The molecule has 3 heteroatoms. The summed E-state index contributed by atoms with van der Waals surface area (Å²) in [5, 5.41) is 12.1. The molecule has 1 amide bonds. The van der Waals surface area contributed by atoms with E-state index in [-0.39, 0.29) is 23.8 Å². The van der Waals surface area contributed by atoms with Gasteiger partial charge in [-0.25, -0.2) is 0 Å². The van der Waals surface area contributed by atoms with E-state index in [0.717, 1.165) is 12.8 Å².